The standard InChI is InChI=1S/C10H20N2O4/c1-3-12(7-5-9(13)14)10(15)11-6-8-16-4-2/h3-8H2,1-2H3,(H,11,15)(H,13,14). The van der Waals surface area contributed by atoms with Crippen LogP contribution in [0.2, 0.25) is 0 Å². The Hall–Kier alpha value is -1.30. The van der Waals surface area contributed by atoms with Gasteiger partial charge in [-0.3, -0.25) is 4.79 Å². The van der Waals surface area contributed by atoms with Crippen molar-refractivity contribution >= 4 is 12.0 Å². The van der Waals surface area contributed by atoms with Crippen molar-refractivity contribution in [1.29, 1.82) is 0 Å². The fraction of sp³-hybridized carbons (Fsp3) is 0.800. The minimum absolute atomic E-state index is 0.0350. The molecule has 0 spiro atoms. The normalized spacial score (nSPS) is 9.88. The molecule has 2 N–H and O–H groups in total. The average molecular weight is 232 g/mol. The molecular weight excluding hydrogens is 212 g/mol. The molecule has 0 atom stereocenters. The Bertz CT molecular complexity index is 221. The van der Waals surface area contributed by atoms with Crippen LogP contribution in [0.1, 0.15) is 20.3 Å². The third-order valence-electron chi connectivity index (χ3n) is 1.99. The van der Waals surface area contributed by atoms with Gasteiger partial charge < -0.3 is 20.1 Å². The summed E-state index contributed by atoms with van der Waals surface area (Å²) in [7, 11) is 0. The molecule has 0 unspecified atom stereocenters. The van der Waals surface area contributed by atoms with Crippen molar-refractivity contribution in [2.45, 2.75) is 20.3 Å². The predicted octanol–water partition coefficient (Wildman–Crippen LogP) is 0.529. The number of urea groups is 1. The van der Waals surface area contributed by atoms with Crippen molar-refractivity contribution in [2.75, 3.05) is 32.8 Å². The van der Waals surface area contributed by atoms with Gasteiger partial charge in [-0.25, -0.2) is 4.79 Å². The number of amides is 2. The van der Waals surface area contributed by atoms with E-state index in [-0.39, 0.29) is 19.0 Å². The van der Waals surface area contributed by atoms with Gasteiger partial charge in [-0.2, -0.15) is 0 Å². The lowest BCUT2D eigenvalue weighted by Gasteiger charge is -2.20. The van der Waals surface area contributed by atoms with Gasteiger partial charge in [0.1, 0.15) is 0 Å². The molecule has 6 heteroatoms. The molecule has 6 nitrogen and oxygen atoms in total. The fourth-order valence-corrected chi connectivity index (χ4v) is 1.12. The van der Waals surface area contributed by atoms with Gasteiger partial charge in [0.15, 0.2) is 0 Å². The minimum atomic E-state index is -0.902. The van der Waals surface area contributed by atoms with E-state index >= 15 is 0 Å². The minimum Gasteiger partial charge on any atom is -0.481 e. The van der Waals surface area contributed by atoms with Crippen LogP contribution < -0.4 is 5.32 Å². The third-order valence-corrected chi connectivity index (χ3v) is 1.99. The van der Waals surface area contributed by atoms with Gasteiger partial charge in [0.25, 0.3) is 0 Å². The molecule has 0 saturated carbocycles. The van der Waals surface area contributed by atoms with E-state index in [2.05, 4.69) is 5.32 Å². The largest absolute Gasteiger partial charge is 0.481 e. The number of hydrogen-bond acceptors (Lipinski definition) is 3. The number of carboxylic acid groups (broad SMARTS) is 1. The Labute approximate surface area is 95.6 Å². The summed E-state index contributed by atoms with van der Waals surface area (Å²) < 4.78 is 5.07. The van der Waals surface area contributed by atoms with E-state index in [4.69, 9.17) is 9.84 Å². The topological polar surface area (TPSA) is 78.9 Å². The molecule has 0 aliphatic rings. The molecule has 0 bridgehead atoms. The summed E-state index contributed by atoms with van der Waals surface area (Å²) in [6.07, 6.45) is -0.0350. The van der Waals surface area contributed by atoms with E-state index in [0.717, 1.165) is 0 Å². The number of carboxylic acids is 1. The Balaban J connectivity index is 3.77. The lowest BCUT2D eigenvalue weighted by molar-refractivity contribution is -0.137. The van der Waals surface area contributed by atoms with Crippen LogP contribution in [0, 0.1) is 0 Å². The molecule has 0 rings (SSSR count). The van der Waals surface area contributed by atoms with E-state index in [0.29, 0.717) is 26.3 Å². The molecule has 16 heavy (non-hydrogen) atoms. The van der Waals surface area contributed by atoms with Crippen LogP contribution in [0.25, 0.3) is 0 Å². The summed E-state index contributed by atoms with van der Waals surface area (Å²) in [5.41, 5.74) is 0. The molecular formula is C10H20N2O4. The summed E-state index contributed by atoms with van der Waals surface area (Å²) in [4.78, 5) is 23.3. The van der Waals surface area contributed by atoms with Crippen LogP contribution in [0.5, 0.6) is 0 Å². The van der Waals surface area contributed by atoms with Gasteiger partial charge in [-0.1, -0.05) is 0 Å². The van der Waals surface area contributed by atoms with Crippen molar-refractivity contribution in [2.24, 2.45) is 0 Å². The predicted molar refractivity (Wildman–Crippen MR) is 59.4 cm³/mol. The van der Waals surface area contributed by atoms with Gasteiger partial charge >= 0.3 is 12.0 Å². The Morgan fingerprint density at radius 3 is 2.56 bits per heavy atom. The average Bonchev–Trinajstić information content (AvgIpc) is 2.25. The van der Waals surface area contributed by atoms with E-state index in [9.17, 15) is 9.59 Å². The number of hydrogen-bond donors (Lipinski definition) is 2. The maximum atomic E-state index is 11.5. The summed E-state index contributed by atoms with van der Waals surface area (Å²) in [5.74, 6) is -0.902. The maximum absolute atomic E-state index is 11.5. The molecule has 0 aromatic carbocycles. The number of ether oxygens (including phenoxy) is 1. The first-order valence-corrected chi connectivity index (χ1v) is 5.44. The zero-order valence-electron chi connectivity index (χ0n) is 9.86. The highest BCUT2D eigenvalue weighted by atomic mass is 16.5. The van der Waals surface area contributed by atoms with Crippen LogP contribution in [0.4, 0.5) is 4.79 Å². The van der Waals surface area contributed by atoms with Crippen molar-refractivity contribution in [3.8, 4) is 0 Å². The van der Waals surface area contributed by atoms with Crippen molar-refractivity contribution < 1.29 is 19.4 Å². The third kappa shape index (κ3) is 7.05. The van der Waals surface area contributed by atoms with Crippen molar-refractivity contribution in [1.82, 2.24) is 10.2 Å². The molecule has 0 heterocycles. The first-order chi connectivity index (χ1) is 7.61. The van der Waals surface area contributed by atoms with Crippen molar-refractivity contribution in [3.05, 3.63) is 0 Å². The number of nitrogens with zero attached hydrogens (tertiary/aromatic N) is 1. The summed E-state index contributed by atoms with van der Waals surface area (Å²) in [5, 5.41) is 11.2. The maximum Gasteiger partial charge on any atom is 0.317 e. The molecule has 0 aromatic rings. The molecule has 94 valence electrons. The molecule has 2 amide bonds. The van der Waals surface area contributed by atoms with Crippen molar-refractivity contribution in [3.63, 3.8) is 0 Å². The Kier molecular flexibility index (Phi) is 8.24. The van der Waals surface area contributed by atoms with E-state index < -0.39 is 5.97 Å². The van der Waals surface area contributed by atoms with Gasteiger partial charge in [0.2, 0.25) is 0 Å². The molecule has 0 aliphatic carbocycles. The highest BCUT2D eigenvalue weighted by Crippen LogP contribution is 1.92. The van der Waals surface area contributed by atoms with Gasteiger partial charge in [0.05, 0.1) is 13.0 Å². The Morgan fingerprint density at radius 1 is 1.38 bits per heavy atom. The SMILES string of the molecule is CCOCCNC(=O)N(CC)CCC(=O)O. The van der Waals surface area contributed by atoms with Crippen LogP contribution >= 0.6 is 0 Å². The number of aliphatic carboxylic acids is 1. The van der Waals surface area contributed by atoms with E-state index in [1.807, 2.05) is 13.8 Å². The Morgan fingerprint density at radius 2 is 2.06 bits per heavy atom. The summed E-state index contributed by atoms with van der Waals surface area (Å²) >= 11 is 0. The number of carbonyl (C=O) groups is 2. The first-order valence-electron chi connectivity index (χ1n) is 5.44. The summed E-state index contributed by atoms with van der Waals surface area (Å²) in [6, 6.07) is -0.247. The van der Waals surface area contributed by atoms with Gasteiger partial charge in [0, 0.05) is 26.2 Å². The van der Waals surface area contributed by atoms with Gasteiger partial charge in [-0.05, 0) is 13.8 Å². The second-order valence-corrected chi connectivity index (χ2v) is 3.15. The van der Waals surface area contributed by atoms with Crippen LogP contribution in [-0.4, -0.2) is 54.9 Å². The highest BCUT2D eigenvalue weighted by molar-refractivity contribution is 5.75. The molecule has 0 aromatic heterocycles. The summed E-state index contributed by atoms with van der Waals surface area (Å²) in [6.45, 7) is 5.94. The number of carbonyl (C=O) groups excluding carboxylic acids is 1. The lowest BCUT2D eigenvalue weighted by atomic mass is 10.4. The smallest absolute Gasteiger partial charge is 0.317 e. The van der Waals surface area contributed by atoms with Crippen LogP contribution in [-0.2, 0) is 9.53 Å². The first kappa shape index (κ1) is 14.7. The van der Waals surface area contributed by atoms with E-state index in [1.54, 1.807) is 0 Å². The second kappa shape index (κ2) is 8.96. The number of nitrogens with one attached hydrogen (secondary N) is 1. The van der Waals surface area contributed by atoms with Crippen LogP contribution in [0.3, 0.4) is 0 Å². The zero-order chi connectivity index (χ0) is 12.4. The van der Waals surface area contributed by atoms with Crippen LogP contribution in [0.15, 0.2) is 0 Å². The molecule has 0 fully saturated rings. The lowest BCUT2D eigenvalue weighted by Crippen LogP contribution is -2.42. The van der Waals surface area contributed by atoms with Gasteiger partial charge in [-0.15, -0.1) is 0 Å². The fourth-order valence-electron chi connectivity index (χ4n) is 1.12. The number of rotatable bonds is 8. The monoisotopic (exact) mass is 232 g/mol. The molecule has 0 saturated heterocycles. The quantitative estimate of drug-likeness (QED) is 0.598. The highest BCUT2D eigenvalue weighted by Gasteiger charge is 2.11. The van der Waals surface area contributed by atoms with E-state index in [1.165, 1.54) is 4.90 Å². The molecule has 0 radical (unpaired) electrons. The second-order valence-electron chi connectivity index (χ2n) is 3.15. The molecule has 0 aliphatic heterocycles. The zero-order valence-corrected chi connectivity index (χ0v) is 9.86.